The second kappa shape index (κ2) is 6.36. The fraction of sp³-hybridized carbons (Fsp3) is 0.500. The first kappa shape index (κ1) is 16.3. The molecule has 0 spiro atoms. The molecule has 1 aromatic rings. The lowest BCUT2D eigenvalue weighted by Gasteiger charge is -2.26. The van der Waals surface area contributed by atoms with Crippen molar-refractivity contribution >= 4 is 11.9 Å². The van der Waals surface area contributed by atoms with E-state index in [9.17, 15) is 9.59 Å². The molecule has 0 aliphatic carbocycles. The lowest BCUT2D eigenvalue weighted by molar-refractivity contribution is -0.131. The van der Waals surface area contributed by atoms with Crippen LogP contribution in [0.3, 0.4) is 0 Å². The Labute approximate surface area is 130 Å². The van der Waals surface area contributed by atoms with Crippen LogP contribution < -0.4 is 15.8 Å². The largest absolute Gasteiger partial charge is 0.491 e. The molecule has 0 radical (unpaired) electrons. The Kier molecular flexibility index (Phi) is 4.71. The lowest BCUT2D eigenvalue weighted by Crippen LogP contribution is -2.43. The van der Waals surface area contributed by atoms with Crippen LogP contribution in [-0.2, 0) is 10.3 Å². The number of ether oxygens (including phenoxy) is 1. The van der Waals surface area contributed by atoms with Crippen LogP contribution in [-0.4, -0.2) is 36.0 Å². The number of hydrogen-bond donors (Lipinski definition) is 2. The number of nitrogens with zero attached hydrogens (tertiary/aromatic N) is 1. The number of nitrogens with two attached hydrogens (primary N) is 1. The molecule has 1 heterocycles. The SMILES string of the molecule is CCC1(c2ccc(OC(C)C)cc2)NC(=O)N(CCN)C1=O. The third-order valence-corrected chi connectivity index (χ3v) is 3.78. The van der Waals surface area contributed by atoms with Gasteiger partial charge in [0, 0.05) is 13.1 Å². The van der Waals surface area contributed by atoms with Gasteiger partial charge in [0.1, 0.15) is 11.3 Å². The topological polar surface area (TPSA) is 84.7 Å². The standard InChI is InChI=1S/C16H23N3O3/c1-4-16(14(20)19(10-9-17)15(21)18-16)12-5-7-13(8-6-12)22-11(2)3/h5-8,11H,4,9-10,17H2,1-3H3,(H,18,21). The molecule has 3 amide bonds. The van der Waals surface area contributed by atoms with Gasteiger partial charge in [0.15, 0.2) is 0 Å². The van der Waals surface area contributed by atoms with E-state index in [1.807, 2.05) is 45.0 Å². The van der Waals surface area contributed by atoms with Crippen LogP contribution in [0.25, 0.3) is 0 Å². The van der Waals surface area contributed by atoms with Crippen molar-refractivity contribution < 1.29 is 14.3 Å². The molecule has 3 N–H and O–H groups in total. The van der Waals surface area contributed by atoms with Gasteiger partial charge in [-0.05, 0) is 38.0 Å². The van der Waals surface area contributed by atoms with Crippen LogP contribution in [0.15, 0.2) is 24.3 Å². The Morgan fingerprint density at radius 3 is 2.41 bits per heavy atom. The summed E-state index contributed by atoms with van der Waals surface area (Å²) in [6.07, 6.45) is 0.557. The molecule has 0 aromatic heterocycles. The van der Waals surface area contributed by atoms with Gasteiger partial charge in [-0.1, -0.05) is 19.1 Å². The second-order valence-corrected chi connectivity index (χ2v) is 5.63. The molecule has 22 heavy (non-hydrogen) atoms. The van der Waals surface area contributed by atoms with Crippen molar-refractivity contribution in [2.24, 2.45) is 5.73 Å². The molecule has 0 bridgehead atoms. The zero-order valence-corrected chi connectivity index (χ0v) is 13.3. The smallest absolute Gasteiger partial charge is 0.325 e. The molecule has 1 aliphatic rings. The van der Waals surface area contributed by atoms with Crippen molar-refractivity contribution in [2.75, 3.05) is 13.1 Å². The molecule has 1 fully saturated rings. The number of imide groups is 1. The highest BCUT2D eigenvalue weighted by atomic mass is 16.5. The minimum absolute atomic E-state index is 0.0823. The van der Waals surface area contributed by atoms with Gasteiger partial charge >= 0.3 is 6.03 Å². The average molecular weight is 305 g/mol. The predicted molar refractivity (Wildman–Crippen MR) is 83.5 cm³/mol. The normalized spacial score (nSPS) is 21.4. The van der Waals surface area contributed by atoms with E-state index in [-0.39, 0.29) is 31.1 Å². The second-order valence-electron chi connectivity index (χ2n) is 5.63. The summed E-state index contributed by atoms with van der Waals surface area (Å²) < 4.78 is 5.61. The quantitative estimate of drug-likeness (QED) is 0.782. The van der Waals surface area contributed by atoms with E-state index in [0.29, 0.717) is 6.42 Å². The van der Waals surface area contributed by atoms with E-state index >= 15 is 0 Å². The molecule has 0 saturated carbocycles. The molecular formula is C16H23N3O3. The van der Waals surface area contributed by atoms with Gasteiger partial charge in [-0.15, -0.1) is 0 Å². The number of nitrogens with one attached hydrogen (secondary N) is 1. The van der Waals surface area contributed by atoms with Gasteiger partial charge in [0.2, 0.25) is 0 Å². The Hall–Kier alpha value is -2.08. The number of carbonyl (C=O) groups is 2. The predicted octanol–water partition coefficient (Wildman–Crippen LogP) is 1.59. The van der Waals surface area contributed by atoms with E-state index in [4.69, 9.17) is 10.5 Å². The zero-order chi connectivity index (χ0) is 16.3. The number of benzene rings is 1. The summed E-state index contributed by atoms with van der Waals surface area (Å²) in [5.41, 5.74) is 5.22. The van der Waals surface area contributed by atoms with Gasteiger partial charge in [0.05, 0.1) is 6.10 Å². The fourth-order valence-corrected chi connectivity index (χ4v) is 2.69. The summed E-state index contributed by atoms with van der Waals surface area (Å²) in [5.74, 6) is 0.489. The van der Waals surface area contributed by atoms with Crippen LogP contribution in [0.2, 0.25) is 0 Å². The molecule has 1 atom stereocenters. The van der Waals surface area contributed by atoms with Crippen LogP contribution in [0.1, 0.15) is 32.8 Å². The van der Waals surface area contributed by atoms with Gasteiger partial charge < -0.3 is 15.8 Å². The molecule has 6 heteroatoms. The van der Waals surface area contributed by atoms with Crippen molar-refractivity contribution in [1.29, 1.82) is 0 Å². The van der Waals surface area contributed by atoms with E-state index in [1.165, 1.54) is 4.90 Å². The highest BCUT2D eigenvalue weighted by molar-refractivity contribution is 6.07. The average Bonchev–Trinajstić information content (AvgIpc) is 2.73. The highest BCUT2D eigenvalue weighted by Gasteiger charge is 2.50. The van der Waals surface area contributed by atoms with Crippen molar-refractivity contribution in [3.8, 4) is 5.75 Å². The van der Waals surface area contributed by atoms with Crippen molar-refractivity contribution in [3.05, 3.63) is 29.8 Å². The monoisotopic (exact) mass is 305 g/mol. The molecule has 1 unspecified atom stereocenters. The summed E-state index contributed by atoms with van der Waals surface area (Å²) in [6.45, 7) is 6.25. The molecular weight excluding hydrogens is 282 g/mol. The minimum Gasteiger partial charge on any atom is -0.491 e. The number of hydrogen-bond acceptors (Lipinski definition) is 4. The third-order valence-electron chi connectivity index (χ3n) is 3.78. The molecule has 2 rings (SSSR count). The first-order chi connectivity index (χ1) is 10.4. The van der Waals surface area contributed by atoms with Crippen molar-refractivity contribution in [2.45, 2.75) is 38.8 Å². The maximum absolute atomic E-state index is 12.7. The summed E-state index contributed by atoms with van der Waals surface area (Å²) in [7, 11) is 0. The number of rotatable bonds is 6. The number of carbonyl (C=O) groups excluding carboxylic acids is 2. The van der Waals surface area contributed by atoms with Crippen LogP contribution in [0.5, 0.6) is 5.75 Å². The third kappa shape index (κ3) is 2.78. The molecule has 1 saturated heterocycles. The highest BCUT2D eigenvalue weighted by Crippen LogP contribution is 2.33. The Morgan fingerprint density at radius 2 is 1.91 bits per heavy atom. The number of amides is 3. The fourth-order valence-electron chi connectivity index (χ4n) is 2.69. The Morgan fingerprint density at radius 1 is 1.27 bits per heavy atom. The summed E-state index contributed by atoms with van der Waals surface area (Å²) in [5, 5.41) is 2.82. The Bertz CT molecular complexity index is 556. The molecule has 1 aromatic carbocycles. The van der Waals surface area contributed by atoms with Crippen LogP contribution in [0, 0.1) is 0 Å². The van der Waals surface area contributed by atoms with Gasteiger partial charge in [-0.25, -0.2) is 4.79 Å². The first-order valence-electron chi connectivity index (χ1n) is 7.56. The minimum atomic E-state index is -1.01. The number of urea groups is 1. The van der Waals surface area contributed by atoms with E-state index < -0.39 is 5.54 Å². The van der Waals surface area contributed by atoms with Crippen molar-refractivity contribution in [3.63, 3.8) is 0 Å². The summed E-state index contributed by atoms with van der Waals surface area (Å²) in [6, 6.07) is 6.89. The summed E-state index contributed by atoms with van der Waals surface area (Å²) in [4.78, 5) is 25.9. The molecule has 1 aliphatic heterocycles. The van der Waals surface area contributed by atoms with Crippen molar-refractivity contribution in [1.82, 2.24) is 10.2 Å². The molecule has 6 nitrogen and oxygen atoms in total. The summed E-state index contributed by atoms with van der Waals surface area (Å²) >= 11 is 0. The zero-order valence-electron chi connectivity index (χ0n) is 13.3. The lowest BCUT2D eigenvalue weighted by atomic mass is 9.87. The first-order valence-corrected chi connectivity index (χ1v) is 7.56. The van der Waals surface area contributed by atoms with Crippen LogP contribution in [0.4, 0.5) is 4.79 Å². The molecule has 120 valence electrons. The van der Waals surface area contributed by atoms with Crippen LogP contribution >= 0.6 is 0 Å². The van der Waals surface area contributed by atoms with E-state index in [2.05, 4.69) is 5.32 Å². The van der Waals surface area contributed by atoms with Gasteiger partial charge in [-0.2, -0.15) is 0 Å². The van der Waals surface area contributed by atoms with E-state index in [1.54, 1.807) is 0 Å². The maximum atomic E-state index is 12.7. The Balaban J connectivity index is 2.31. The van der Waals surface area contributed by atoms with Gasteiger partial charge in [0.25, 0.3) is 5.91 Å². The van der Waals surface area contributed by atoms with E-state index in [0.717, 1.165) is 11.3 Å². The van der Waals surface area contributed by atoms with Gasteiger partial charge in [-0.3, -0.25) is 9.69 Å². The maximum Gasteiger partial charge on any atom is 0.325 e.